The second-order valence-corrected chi connectivity index (χ2v) is 7.58. The lowest BCUT2D eigenvalue weighted by molar-refractivity contribution is -0.136. The molecule has 1 aromatic rings. The van der Waals surface area contributed by atoms with Crippen LogP contribution in [-0.4, -0.2) is 72.8 Å². The van der Waals surface area contributed by atoms with Crippen LogP contribution in [0.5, 0.6) is 0 Å². The zero-order chi connectivity index (χ0) is 17.3. The van der Waals surface area contributed by atoms with E-state index in [1.165, 1.54) is 0 Å². The third-order valence-electron chi connectivity index (χ3n) is 5.96. The van der Waals surface area contributed by atoms with Gasteiger partial charge in [-0.15, -0.1) is 0 Å². The van der Waals surface area contributed by atoms with Gasteiger partial charge in [-0.3, -0.25) is 4.79 Å². The predicted molar refractivity (Wildman–Crippen MR) is 94.3 cm³/mol. The second-order valence-electron chi connectivity index (χ2n) is 7.58. The smallest absolute Gasteiger partial charge is 0.230 e. The number of nitrogens with zero attached hydrogens (tertiary/aromatic N) is 4. The molecule has 0 aliphatic carbocycles. The number of rotatable bonds is 3. The van der Waals surface area contributed by atoms with Gasteiger partial charge in [-0.25, -0.2) is 9.97 Å². The second kappa shape index (κ2) is 6.88. The summed E-state index contributed by atoms with van der Waals surface area (Å²) in [6, 6.07) is 2.10. The molecule has 3 fully saturated rings. The number of carbonyl (C=O) groups is 1. The minimum absolute atomic E-state index is 0.0127. The van der Waals surface area contributed by atoms with Crippen molar-refractivity contribution < 1.29 is 9.53 Å². The number of fused-ring (bicyclic) bond motifs is 1. The molecule has 0 saturated carbocycles. The summed E-state index contributed by atoms with van der Waals surface area (Å²) in [6.45, 7) is 4.22. The van der Waals surface area contributed by atoms with Crippen LogP contribution in [0.15, 0.2) is 18.5 Å². The van der Waals surface area contributed by atoms with Crippen LogP contribution >= 0.6 is 0 Å². The van der Waals surface area contributed by atoms with Crippen molar-refractivity contribution in [1.82, 2.24) is 20.2 Å². The number of hydrogen-bond acceptors (Lipinski definition) is 6. The maximum Gasteiger partial charge on any atom is 0.230 e. The van der Waals surface area contributed by atoms with Crippen molar-refractivity contribution in [3.63, 3.8) is 0 Å². The Balaban J connectivity index is 1.49. The zero-order valence-electron chi connectivity index (χ0n) is 14.9. The molecule has 0 bridgehead atoms. The highest BCUT2D eigenvalue weighted by Crippen LogP contribution is 2.42. The Kier molecular flexibility index (Phi) is 4.60. The maximum atomic E-state index is 13.3. The third kappa shape index (κ3) is 3.22. The largest absolute Gasteiger partial charge is 0.377 e. The van der Waals surface area contributed by atoms with E-state index in [2.05, 4.69) is 32.1 Å². The normalized spacial score (nSPS) is 30.9. The Morgan fingerprint density at radius 2 is 2.00 bits per heavy atom. The van der Waals surface area contributed by atoms with E-state index in [1.807, 2.05) is 6.07 Å². The third-order valence-corrected chi connectivity index (χ3v) is 5.96. The number of likely N-dealkylation sites (tertiary alicyclic amines) is 1. The highest BCUT2D eigenvalue weighted by molar-refractivity contribution is 5.85. The topological polar surface area (TPSA) is 70.6 Å². The Morgan fingerprint density at radius 3 is 2.76 bits per heavy atom. The fourth-order valence-corrected chi connectivity index (χ4v) is 4.38. The summed E-state index contributed by atoms with van der Waals surface area (Å²) in [5, 5.41) is 3.33. The molecule has 0 radical (unpaired) electrons. The lowest BCUT2D eigenvalue weighted by Crippen LogP contribution is -2.59. The first-order chi connectivity index (χ1) is 12.2. The Morgan fingerprint density at radius 1 is 1.24 bits per heavy atom. The standard InChI is InChI=1S/C18H27N5O2/c1-22-9-3-14(4-10-22)21-16(24)18-6-12-25-15(18)5-11-23(13-18)17-19-7-2-8-20-17/h2,7-8,14-15H,3-6,9-13H2,1H3,(H,21,24)/t15-,18-/m0/s1. The van der Waals surface area contributed by atoms with Crippen molar-refractivity contribution in [2.45, 2.75) is 37.8 Å². The van der Waals surface area contributed by atoms with Crippen LogP contribution in [-0.2, 0) is 9.53 Å². The van der Waals surface area contributed by atoms with Crippen LogP contribution in [0.3, 0.4) is 0 Å². The lowest BCUT2D eigenvalue weighted by atomic mass is 9.75. The summed E-state index contributed by atoms with van der Waals surface area (Å²) < 4.78 is 5.94. The molecule has 0 aromatic carbocycles. The molecule has 3 aliphatic rings. The van der Waals surface area contributed by atoms with E-state index in [0.29, 0.717) is 19.1 Å². The molecule has 7 nitrogen and oxygen atoms in total. The molecule has 2 atom stereocenters. The molecule has 3 saturated heterocycles. The number of anilines is 1. The van der Waals surface area contributed by atoms with Gasteiger partial charge in [0.05, 0.1) is 11.5 Å². The summed E-state index contributed by atoms with van der Waals surface area (Å²) in [7, 11) is 2.14. The van der Waals surface area contributed by atoms with E-state index in [9.17, 15) is 4.79 Å². The molecule has 0 unspecified atom stereocenters. The van der Waals surface area contributed by atoms with Gasteiger partial charge in [0, 0.05) is 38.1 Å². The minimum Gasteiger partial charge on any atom is -0.377 e. The number of carbonyl (C=O) groups excluding carboxylic acids is 1. The monoisotopic (exact) mass is 345 g/mol. The molecule has 25 heavy (non-hydrogen) atoms. The van der Waals surface area contributed by atoms with Crippen molar-refractivity contribution in [1.29, 1.82) is 0 Å². The van der Waals surface area contributed by atoms with Crippen LogP contribution in [0.25, 0.3) is 0 Å². The number of nitrogens with one attached hydrogen (secondary N) is 1. The molecular formula is C18H27N5O2. The van der Waals surface area contributed by atoms with Crippen LogP contribution in [0.2, 0.25) is 0 Å². The van der Waals surface area contributed by atoms with Crippen LogP contribution in [0.4, 0.5) is 5.95 Å². The molecule has 136 valence electrons. The van der Waals surface area contributed by atoms with E-state index >= 15 is 0 Å². The summed E-state index contributed by atoms with van der Waals surface area (Å²) >= 11 is 0. The van der Waals surface area contributed by atoms with E-state index in [-0.39, 0.29) is 18.1 Å². The Hall–Kier alpha value is -1.73. The molecule has 4 heterocycles. The van der Waals surface area contributed by atoms with Crippen molar-refractivity contribution in [2.75, 3.05) is 44.7 Å². The average molecular weight is 345 g/mol. The van der Waals surface area contributed by atoms with E-state index in [1.54, 1.807) is 12.4 Å². The van der Waals surface area contributed by atoms with Crippen LogP contribution < -0.4 is 10.2 Å². The van der Waals surface area contributed by atoms with Gasteiger partial charge in [0.2, 0.25) is 11.9 Å². The van der Waals surface area contributed by atoms with Gasteiger partial charge < -0.3 is 19.9 Å². The predicted octanol–water partition coefficient (Wildman–Crippen LogP) is 0.672. The summed E-state index contributed by atoms with van der Waals surface area (Å²) in [5.41, 5.74) is -0.471. The van der Waals surface area contributed by atoms with Gasteiger partial charge >= 0.3 is 0 Å². The van der Waals surface area contributed by atoms with Gasteiger partial charge in [-0.05, 0) is 51.9 Å². The number of hydrogen-bond donors (Lipinski definition) is 1. The molecule has 4 rings (SSSR count). The number of amides is 1. The van der Waals surface area contributed by atoms with E-state index < -0.39 is 5.41 Å². The molecule has 1 aromatic heterocycles. The Bertz CT molecular complexity index is 605. The first-order valence-electron chi connectivity index (χ1n) is 9.30. The maximum absolute atomic E-state index is 13.3. The molecule has 0 spiro atoms. The van der Waals surface area contributed by atoms with E-state index in [0.717, 1.165) is 45.3 Å². The highest BCUT2D eigenvalue weighted by Gasteiger charge is 2.54. The molecule has 3 aliphatic heterocycles. The van der Waals surface area contributed by atoms with Crippen LogP contribution in [0, 0.1) is 5.41 Å². The van der Waals surface area contributed by atoms with Crippen molar-refractivity contribution in [2.24, 2.45) is 5.41 Å². The average Bonchev–Trinajstić information content (AvgIpc) is 3.09. The van der Waals surface area contributed by atoms with Crippen LogP contribution in [0.1, 0.15) is 25.7 Å². The molecule has 7 heteroatoms. The quantitative estimate of drug-likeness (QED) is 0.868. The van der Waals surface area contributed by atoms with Gasteiger partial charge in [0.1, 0.15) is 0 Å². The first-order valence-corrected chi connectivity index (χ1v) is 9.30. The van der Waals surface area contributed by atoms with Crippen molar-refractivity contribution in [3.05, 3.63) is 18.5 Å². The van der Waals surface area contributed by atoms with Gasteiger partial charge in [0.15, 0.2) is 0 Å². The first kappa shape index (κ1) is 16.7. The van der Waals surface area contributed by atoms with Crippen molar-refractivity contribution in [3.8, 4) is 0 Å². The van der Waals surface area contributed by atoms with Gasteiger partial charge in [-0.2, -0.15) is 0 Å². The highest BCUT2D eigenvalue weighted by atomic mass is 16.5. The van der Waals surface area contributed by atoms with Crippen molar-refractivity contribution >= 4 is 11.9 Å². The van der Waals surface area contributed by atoms with Gasteiger partial charge in [-0.1, -0.05) is 0 Å². The fourth-order valence-electron chi connectivity index (χ4n) is 4.38. The number of aromatic nitrogens is 2. The molecular weight excluding hydrogens is 318 g/mol. The summed E-state index contributed by atoms with van der Waals surface area (Å²) in [6.07, 6.45) is 7.19. The molecule has 1 amide bonds. The SMILES string of the molecule is CN1CCC(NC(=O)[C@]23CCO[C@H]2CCN(c2ncccn2)C3)CC1. The zero-order valence-corrected chi connectivity index (χ0v) is 14.9. The fraction of sp³-hybridized carbons (Fsp3) is 0.722. The summed E-state index contributed by atoms with van der Waals surface area (Å²) in [4.78, 5) is 26.4. The summed E-state index contributed by atoms with van der Waals surface area (Å²) in [5.74, 6) is 0.865. The lowest BCUT2D eigenvalue weighted by Gasteiger charge is -2.43. The van der Waals surface area contributed by atoms with Gasteiger partial charge in [0.25, 0.3) is 0 Å². The molecule has 1 N–H and O–H groups in total. The number of ether oxygens (including phenoxy) is 1. The number of piperidine rings is 2. The van der Waals surface area contributed by atoms with E-state index in [4.69, 9.17) is 4.74 Å². The Labute approximate surface area is 148 Å². The minimum atomic E-state index is -0.471.